The third kappa shape index (κ3) is 3.42. The van der Waals surface area contributed by atoms with Crippen molar-refractivity contribution in [3.63, 3.8) is 0 Å². The highest BCUT2D eigenvalue weighted by Gasteiger charge is 2.27. The first-order valence-electron chi connectivity index (χ1n) is 9.16. The van der Waals surface area contributed by atoms with Crippen molar-refractivity contribution in [2.75, 3.05) is 13.1 Å². The van der Waals surface area contributed by atoms with Crippen molar-refractivity contribution in [3.8, 4) is 5.75 Å². The Bertz CT molecular complexity index is 876. The predicted octanol–water partition coefficient (Wildman–Crippen LogP) is 5.05. The van der Waals surface area contributed by atoms with Crippen LogP contribution in [0, 0.1) is 6.92 Å². The Labute approximate surface area is 153 Å². The molecule has 0 spiro atoms. The fraction of sp³-hybridized carbons (Fsp3) is 0.318. The molecule has 1 saturated heterocycles. The maximum absolute atomic E-state index is 14.7. The van der Waals surface area contributed by atoms with Crippen LogP contribution in [0.3, 0.4) is 0 Å². The number of alkyl halides is 1. The molecule has 0 saturated carbocycles. The van der Waals surface area contributed by atoms with Crippen LogP contribution in [0.2, 0.25) is 0 Å². The molecule has 3 aromatic rings. The summed E-state index contributed by atoms with van der Waals surface area (Å²) in [4.78, 5) is 6.36. The van der Waals surface area contributed by atoms with Gasteiger partial charge in [-0.1, -0.05) is 42.5 Å². The normalized spacial score (nSPS) is 17.3. The number of pyridine rings is 1. The number of benzene rings is 2. The van der Waals surface area contributed by atoms with Gasteiger partial charge in [0.25, 0.3) is 0 Å². The Morgan fingerprint density at radius 2 is 1.81 bits per heavy atom. The van der Waals surface area contributed by atoms with Crippen LogP contribution >= 0.6 is 0 Å². The Morgan fingerprint density at radius 1 is 1.04 bits per heavy atom. The number of ether oxygens (including phenoxy) is 1. The van der Waals surface area contributed by atoms with Gasteiger partial charge < -0.3 is 4.74 Å². The number of fused-ring (bicyclic) bond motifs is 1. The number of hydrogen-bond acceptors (Lipinski definition) is 3. The van der Waals surface area contributed by atoms with E-state index in [1.54, 1.807) is 6.20 Å². The zero-order valence-corrected chi connectivity index (χ0v) is 14.9. The largest absolute Gasteiger partial charge is 0.490 e. The highest BCUT2D eigenvalue weighted by atomic mass is 19.1. The van der Waals surface area contributed by atoms with E-state index in [0.717, 1.165) is 40.6 Å². The van der Waals surface area contributed by atoms with Gasteiger partial charge in [0, 0.05) is 30.2 Å². The number of halogens is 1. The van der Waals surface area contributed by atoms with Crippen LogP contribution in [0.5, 0.6) is 5.75 Å². The smallest absolute Gasteiger partial charge is 0.179 e. The third-order valence-electron chi connectivity index (χ3n) is 5.10. The molecule has 4 rings (SSSR count). The highest BCUT2D eigenvalue weighted by molar-refractivity contribution is 5.87. The van der Waals surface area contributed by atoms with Crippen LogP contribution in [0.25, 0.3) is 10.9 Å². The summed E-state index contributed by atoms with van der Waals surface area (Å²) in [5.74, 6) is 0.872. The van der Waals surface area contributed by atoms with Gasteiger partial charge in [-0.15, -0.1) is 0 Å². The Hall–Kier alpha value is -2.46. The van der Waals surface area contributed by atoms with Gasteiger partial charge in [-0.3, -0.25) is 9.88 Å². The molecule has 2 heterocycles. The number of para-hydroxylation sites is 1. The number of rotatable bonds is 4. The van der Waals surface area contributed by atoms with Crippen LogP contribution in [-0.2, 0) is 0 Å². The molecule has 0 bridgehead atoms. The lowest BCUT2D eigenvalue weighted by atomic mass is 10.1. The topological polar surface area (TPSA) is 25.4 Å². The average Bonchev–Trinajstić information content (AvgIpc) is 2.69. The molecular formula is C22H23FN2O. The number of likely N-dealkylation sites (tertiary alicyclic amines) is 1. The lowest BCUT2D eigenvalue weighted by Crippen LogP contribution is -2.39. The molecule has 0 amide bonds. The minimum Gasteiger partial charge on any atom is -0.490 e. The van der Waals surface area contributed by atoms with E-state index < -0.39 is 6.30 Å². The molecule has 1 unspecified atom stereocenters. The minimum atomic E-state index is -1.04. The second-order valence-corrected chi connectivity index (χ2v) is 6.88. The summed E-state index contributed by atoms with van der Waals surface area (Å²) >= 11 is 0. The lowest BCUT2D eigenvalue weighted by Gasteiger charge is -2.34. The van der Waals surface area contributed by atoms with E-state index in [0.29, 0.717) is 13.1 Å². The van der Waals surface area contributed by atoms with Crippen LogP contribution < -0.4 is 4.74 Å². The second kappa shape index (κ2) is 7.42. The van der Waals surface area contributed by atoms with Crippen LogP contribution in [0.1, 0.15) is 30.3 Å². The van der Waals surface area contributed by atoms with Crippen LogP contribution in [0.4, 0.5) is 4.39 Å². The van der Waals surface area contributed by atoms with Crippen molar-refractivity contribution in [2.45, 2.75) is 32.2 Å². The molecule has 1 fully saturated rings. The van der Waals surface area contributed by atoms with Gasteiger partial charge in [0.1, 0.15) is 11.9 Å². The second-order valence-electron chi connectivity index (χ2n) is 6.88. The van der Waals surface area contributed by atoms with Gasteiger partial charge in [0.2, 0.25) is 0 Å². The minimum absolute atomic E-state index is 0.111. The van der Waals surface area contributed by atoms with Gasteiger partial charge in [-0.05, 0) is 37.5 Å². The van der Waals surface area contributed by atoms with E-state index in [1.807, 2.05) is 53.4 Å². The Morgan fingerprint density at radius 3 is 2.58 bits per heavy atom. The molecule has 0 N–H and O–H groups in total. The molecule has 1 aliphatic rings. The summed E-state index contributed by atoms with van der Waals surface area (Å²) in [5.41, 5.74) is 2.85. The van der Waals surface area contributed by atoms with Crippen LogP contribution in [-0.4, -0.2) is 29.1 Å². The first kappa shape index (κ1) is 17.0. The summed E-state index contributed by atoms with van der Waals surface area (Å²) in [6, 6.07) is 17.4. The van der Waals surface area contributed by atoms with Gasteiger partial charge in [0.15, 0.2) is 6.30 Å². The number of hydrogen-bond donors (Lipinski definition) is 0. The molecule has 1 aliphatic heterocycles. The fourth-order valence-corrected chi connectivity index (χ4v) is 3.62. The molecule has 2 aromatic carbocycles. The summed E-state index contributed by atoms with van der Waals surface area (Å²) in [6.45, 7) is 3.45. The van der Waals surface area contributed by atoms with Crippen molar-refractivity contribution in [1.29, 1.82) is 0 Å². The average molecular weight is 350 g/mol. The monoisotopic (exact) mass is 350 g/mol. The van der Waals surface area contributed by atoms with Crippen molar-refractivity contribution >= 4 is 10.9 Å². The van der Waals surface area contributed by atoms with Crippen LogP contribution in [0.15, 0.2) is 60.8 Å². The molecule has 3 nitrogen and oxygen atoms in total. The third-order valence-corrected chi connectivity index (χ3v) is 5.10. The van der Waals surface area contributed by atoms with E-state index in [9.17, 15) is 4.39 Å². The highest BCUT2D eigenvalue weighted by Crippen LogP contribution is 2.30. The maximum Gasteiger partial charge on any atom is 0.179 e. The standard InChI is InChI=1S/C22H23FN2O/c1-16-6-5-9-19-20(10-13-24-21(16)19)26-18-11-14-25(15-12-18)22(23)17-7-3-2-4-8-17/h2-10,13,18,22H,11-12,14-15H2,1H3. The molecule has 0 radical (unpaired) electrons. The zero-order valence-electron chi connectivity index (χ0n) is 14.9. The molecule has 134 valence electrons. The quantitative estimate of drug-likeness (QED) is 0.615. The predicted molar refractivity (Wildman–Crippen MR) is 102 cm³/mol. The van der Waals surface area contributed by atoms with E-state index >= 15 is 0 Å². The maximum atomic E-state index is 14.7. The number of aromatic nitrogens is 1. The number of aryl methyl sites for hydroxylation is 1. The first-order chi connectivity index (χ1) is 12.7. The van der Waals surface area contributed by atoms with Crippen molar-refractivity contribution < 1.29 is 9.13 Å². The molecule has 0 aliphatic carbocycles. The van der Waals surface area contributed by atoms with E-state index in [-0.39, 0.29) is 6.10 Å². The molecule has 26 heavy (non-hydrogen) atoms. The molecule has 1 aromatic heterocycles. The van der Waals surface area contributed by atoms with Gasteiger partial charge in [-0.25, -0.2) is 4.39 Å². The van der Waals surface area contributed by atoms with E-state index in [1.165, 1.54) is 0 Å². The van der Waals surface area contributed by atoms with Crippen molar-refractivity contribution in [3.05, 3.63) is 71.9 Å². The molecular weight excluding hydrogens is 327 g/mol. The number of nitrogens with zero attached hydrogens (tertiary/aromatic N) is 2. The molecule has 4 heteroatoms. The Balaban J connectivity index is 1.42. The Kier molecular flexibility index (Phi) is 4.85. The summed E-state index contributed by atoms with van der Waals surface area (Å²) in [5, 5.41) is 1.04. The summed E-state index contributed by atoms with van der Waals surface area (Å²) in [7, 11) is 0. The SMILES string of the molecule is Cc1cccc2c(OC3CCN(C(F)c4ccccc4)CC3)ccnc12. The lowest BCUT2D eigenvalue weighted by molar-refractivity contribution is 0.0234. The summed E-state index contributed by atoms with van der Waals surface area (Å²) < 4.78 is 21.0. The van der Waals surface area contributed by atoms with Gasteiger partial charge in [-0.2, -0.15) is 0 Å². The van der Waals surface area contributed by atoms with E-state index in [2.05, 4.69) is 18.0 Å². The van der Waals surface area contributed by atoms with Crippen molar-refractivity contribution in [1.82, 2.24) is 9.88 Å². The number of piperidine rings is 1. The fourth-order valence-electron chi connectivity index (χ4n) is 3.62. The van der Waals surface area contributed by atoms with Gasteiger partial charge in [0.05, 0.1) is 5.52 Å². The molecule has 1 atom stereocenters. The van der Waals surface area contributed by atoms with Gasteiger partial charge >= 0.3 is 0 Å². The summed E-state index contributed by atoms with van der Waals surface area (Å²) in [6.07, 6.45) is 2.51. The zero-order chi connectivity index (χ0) is 17.9. The van der Waals surface area contributed by atoms with Crippen molar-refractivity contribution in [2.24, 2.45) is 0 Å². The van der Waals surface area contributed by atoms with E-state index in [4.69, 9.17) is 4.74 Å². The first-order valence-corrected chi connectivity index (χ1v) is 9.16.